The summed E-state index contributed by atoms with van der Waals surface area (Å²) in [5.74, 6) is 0.532. The topological polar surface area (TPSA) is 64.4 Å². The first-order chi connectivity index (χ1) is 7.39. The fourth-order valence-corrected chi connectivity index (χ4v) is 1.58. The number of carbonyl (C=O) groups excluding carboxylic acids is 1. The van der Waals surface area contributed by atoms with Crippen LogP contribution in [0, 0.1) is 11.3 Å². The van der Waals surface area contributed by atoms with Crippen LogP contribution in [0.25, 0.3) is 0 Å². The SMILES string of the molecule is CC(C)(C)C(N)CC(=O)NCC1CCOC1. The molecule has 1 heterocycles. The van der Waals surface area contributed by atoms with Gasteiger partial charge in [0, 0.05) is 31.5 Å². The highest BCUT2D eigenvalue weighted by Gasteiger charge is 2.23. The molecule has 1 aliphatic rings. The van der Waals surface area contributed by atoms with Crippen molar-refractivity contribution in [3.63, 3.8) is 0 Å². The first kappa shape index (κ1) is 13.5. The van der Waals surface area contributed by atoms with Crippen LogP contribution < -0.4 is 11.1 Å². The molecular weight excluding hydrogens is 204 g/mol. The monoisotopic (exact) mass is 228 g/mol. The third-order valence-corrected chi connectivity index (χ3v) is 3.13. The quantitative estimate of drug-likeness (QED) is 0.751. The summed E-state index contributed by atoms with van der Waals surface area (Å²) in [4.78, 5) is 11.6. The molecular formula is C12H24N2O2. The first-order valence-corrected chi connectivity index (χ1v) is 5.99. The van der Waals surface area contributed by atoms with Gasteiger partial charge in [-0.25, -0.2) is 0 Å². The maximum absolute atomic E-state index is 11.6. The Morgan fingerprint density at radius 1 is 1.56 bits per heavy atom. The Balaban J connectivity index is 2.20. The van der Waals surface area contributed by atoms with E-state index >= 15 is 0 Å². The molecule has 0 radical (unpaired) electrons. The Morgan fingerprint density at radius 2 is 2.25 bits per heavy atom. The van der Waals surface area contributed by atoms with Gasteiger partial charge in [-0.05, 0) is 11.8 Å². The van der Waals surface area contributed by atoms with E-state index in [0.29, 0.717) is 12.3 Å². The molecule has 1 saturated heterocycles. The summed E-state index contributed by atoms with van der Waals surface area (Å²) >= 11 is 0. The number of hydrogen-bond donors (Lipinski definition) is 2. The maximum atomic E-state index is 11.6. The van der Waals surface area contributed by atoms with Gasteiger partial charge >= 0.3 is 0 Å². The van der Waals surface area contributed by atoms with E-state index in [0.717, 1.165) is 26.2 Å². The van der Waals surface area contributed by atoms with Gasteiger partial charge in [0.25, 0.3) is 0 Å². The minimum atomic E-state index is -0.0904. The van der Waals surface area contributed by atoms with Crippen molar-refractivity contribution >= 4 is 5.91 Å². The average Bonchev–Trinajstić information content (AvgIpc) is 2.65. The number of nitrogens with one attached hydrogen (secondary N) is 1. The largest absolute Gasteiger partial charge is 0.381 e. The van der Waals surface area contributed by atoms with Gasteiger partial charge in [0.15, 0.2) is 0 Å². The lowest BCUT2D eigenvalue weighted by Gasteiger charge is -2.26. The van der Waals surface area contributed by atoms with Crippen LogP contribution in [0.1, 0.15) is 33.6 Å². The van der Waals surface area contributed by atoms with Crippen molar-refractivity contribution in [3.8, 4) is 0 Å². The Labute approximate surface area is 97.9 Å². The summed E-state index contributed by atoms with van der Waals surface area (Å²) < 4.78 is 5.25. The van der Waals surface area contributed by atoms with Gasteiger partial charge in [0.1, 0.15) is 0 Å². The highest BCUT2D eigenvalue weighted by molar-refractivity contribution is 5.76. The zero-order chi connectivity index (χ0) is 12.2. The van der Waals surface area contributed by atoms with E-state index in [9.17, 15) is 4.79 Å². The fourth-order valence-electron chi connectivity index (χ4n) is 1.58. The number of nitrogens with two attached hydrogens (primary N) is 1. The van der Waals surface area contributed by atoms with Gasteiger partial charge in [0.05, 0.1) is 6.61 Å². The number of rotatable bonds is 4. The molecule has 0 aliphatic carbocycles. The van der Waals surface area contributed by atoms with E-state index in [1.165, 1.54) is 0 Å². The number of amides is 1. The van der Waals surface area contributed by atoms with E-state index in [-0.39, 0.29) is 17.4 Å². The normalized spacial score (nSPS) is 23.1. The molecule has 3 N–H and O–H groups in total. The molecule has 2 unspecified atom stereocenters. The first-order valence-electron chi connectivity index (χ1n) is 5.99. The third-order valence-electron chi connectivity index (χ3n) is 3.13. The molecule has 1 fully saturated rings. The van der Waals surface area contributed by atoms with Crippen molar-refractivity contribution in [3.05, 3.63) is 0 Å². The van der Waals surface area contributed by atoms with Gasteiger partial charge in [-0.1, -0.05) is 20.8 Å². The van der Waals surface area contributed by atoms with Crippen LogP contribution in [0.2, 0.25) is 0 Å². The van der Waals surface area contributed by atoms with Crippen molar-refractivity contribution in [2.24, 2.45) is 17.1 Å². The highest BCUT2D eigenvalue weighted by atomic mass is 16.5. The summed E-state index contributed by atoms with van der Waals surface area (Å²) in [5, 5.41) is 2.93. The molecule has 94 valence electrons. The van der Waals surface area contributed by atoms with Crippen molar-refractivity contribution in [2.45, 2.75) is 39.7 Å². The molecule has 0 aromatic carbocycles. The Bertz CT molecular complexity index is 230. The molecule has 4 nitrogen and oxygen atoms in total. The van der Waals surface area contributed by atoms with Crippen LogP contribution in [0.4, 0.5) is 0 Å². The predicted octanol–water partition coefficient (Wildman–Crippen LogP) is 0.903. The third kappa shape index (κ3) is 4.49. The minimum absolute atomic E-state index is 0.0200. The van der Waals surface area contributed by atoms with Crippen LogP contribution in [-0.2, 0) is 9.53 Å². The lowest BCUT2D eigenvalue weighted by molar-refractivity contribution is -0.122. The highest BCUT2D eigenvalue weighted by Crippen LogP contribution is 2.19. The van der Waals surface area contributed by atoms with Crippen LogP contribution >= 0.6 is 0 Å². The molecule has 0 aromatic heterocycles. The Kier molecular flexibility index (Phi) is 4.74. The van der Waals surface area contributed by atoms with Crippen LogP contribution in [0.5, 0.6) is 0 Å². The summed E-state index contributed by atoms with van der Waals surface area (Å²) in [6.07, 6.45) is 1.45. The smallest absolute Gasteiger partial charge is 0.221 e. The van der Waals surface area contributed by atoms with E-state index in [1.807, 2.05) is 0 Å². The average molecular weight is 228 g/mol. The summed E-state index contributed by atoms with van der Waals surface area (Å²) in [6, 6.07) is -0.0904. The zero-order valence-electron chi connectivity index (χ0n) is 10.6. The van der Waals surface area contributed by atoms with E-state index < -0.39 is 0 Å². The summed E-state index contributed by atoms with van der Waals surface area (Å²) in [5.41, 5.74) is 5.93. The molecule has 4 heteroatoms. The van der Waals surface area contributed by atoms with Crippen molar-refractivity contribution in [2.75, 3.05) is 19.8 Å². The lowest BCUT2D eigenvalue weighted by atomic mass is 9.85. The molecule has 1 rings (SSSR count). The van der Waals surface area contributed by atoms with Gasteiger partial charge in [-0.15, -0.1) is 0 Å². The van der Waals surface area contributed by atoms with E-state index in [4.69, 9.17) is 10.5 Å². The minimum Gasteiger partial charge on any atom is -0.381 e. The molecule has 0 bridgehead atoms. The second-order valence-electron chi connectivity index (χ2n) is 5.71. The van der Waals surface area contributed by atoms with Crippen molar-refractivity contribution in [1.29, 1.82) is 0 Å². The maximum Gasteiger partial charge on any atom is 0.221 e. The van der Waals surface area contributed by atoms with Crippen LogP contribution in [0.15, 0.2) is 0 Å². The Hall–Kier alpha value is -0.610. The van der Waals surface area contributed by atoms with Gasteiger partial charge in [0.2, 0.25) is 5.91 Å². The molecule has 0 spiro atoms. The molecule has 2 atom stereocenters. The van der Waals surface area contributed by atoms with Crippen molar-refractivity contribution in [1.82, 2.24) is 5.32 Å². The Morgan fingerprint density at radius 3 is 2.75 bits per heavy atom. The number of ether oxygens (including phenoxy) is 1. The second-order valence-corrected chi connectivity index (χ2v) is 5.71. The van der Waals surface area contributed by atoms with Crippen LogP contribution in [-0.4, -0.2) is 31.7 Å². The molecule has 0 aromatic rings. The molecule has 16 heavy (non-hydrogen) atoms. The van der Waals surface area contributed by atoms with Gasteiger partial charge in [-0.2, -0.15) is 0 Å². The predicted molar refractivity (Wildman–Crippen MR) is 64.0 cm³/mol. The van der Waals surface area contributed by atoms with Crippen molar-refractivity contribution < 1.29 is 9.53 Å². The number of carbonyl (C=O) groups is 1. The zero-order valence-corrected chi connectivity index (χ0v) is 10.6. The van der Waals surface area contributed by atoms with Gasteiger partial charge < -0.3 is 15.8 Å². The summed E-state index contributed by atoms with van der Waals surface area (Å²) in [6.45, 7) is 8.46. The molecule has 1 amide bonds. The molecule has 1 aliphatic heterocycles. The molecule has 0 saturated carbocycles. The van der Waals surface area contributed by atoms with E-state index in [1.54, 1.807) is 0 Å². The summed E-state index contributed by atoms with van der Waals surface area (Å²) in [7, 11) is 0. The van der Waals surface area contributed by atoms with Gasteiger partial charge in [-0.3, -0.25) is 4.79 Å². The van der Waals surface area contributed by atoms with Crippen LogP contribution in [0.3, 0.4) is 0 Å². The fraction of sp³-hybridized carbons (Fsp3) is 0.917. The van der Waals surface area contributed by atoms with E-state index in [2.05, 4.69) is 26.1 Å². The second kappa shape index (κ2) is 5.64. The lowest BCUT2D eigenvalue weighted by Crippen LogP contribution is -2.41. The number of hydrogen-bond acceptors (Lipinski definition) is 3. The standard InChI is InChI=1S/C12H24N2O2/c1-12(2,3)10(13)6-11(15)14-7-9-4-5-16-8-9/h9-10H,4-8,13H2,1-3H3,(H,14,15).